The molecule has 0 aliphatic heterocycles. The minimum atomic E-state index is -0.919. The first-order valence-electron chi connectivity index (χ1n) is 5.30. The van der Waals surface area contributed by atoms with E-state index in [0.29, 0.717) is 6.61 Å². The Kier molecular flexibility index (Phi) is 3.74. The lowest BCUT2D eigenvalue weighted by atomic mass is 10.3. The SMILES string of the molecule is O=C(O)C=Cc1csc(COCC2CC2)c1. The molecule has 0 amide bonds. The van der Waals surface area contributed by atoms with Crippen LogP contribution in [0, 0.1) is 5.92 Å². The first-order chi connectivity index (χ1) is 7.74. The molecular weight excluding hydrogens is 224 g/mol. The highest BCUT2D eigenvalue weighted by Crippen LogP contribution is 2.29. The Balaban J connectivity index is 1.78. The molecule has 3 nitrogen and oxygen atoms in total. The van der Waals surface area contributed by atoms with Gasteiger partial charge in [-0.25, -0.2) is 4.79 Å². The molecule has 1 aliphatic carbocycles. The van der Waals surface area contributed by atoms with Crippen LogP contribution in [0.15, 0.2) is 17.5 Å². The topological polar surface area (TPSA) is 46.5 Å². The van der Waals surface area contributed by atoms with Crippen molar-refractivity contribution in [1.82, 2.24) is 0 Å². The number of carboxylic acid groups (broad SMARTS) is 1. The maximum atomic E-state index is 10.3. The zero-order valence-electron chi connectivity index (χ0n) is 8.89. The number of carboxylic acids is 1. The van der Waals surface area contributed by atoms with Crippen molar-refractivity contribution in [3.05, 3.63) is 28.0 Å². The summed E-state index contributed by atoms with van der Waals surface area (Å²) in [6.45, 7) is 1.50. The van der Waals surface area contributed by atoms with Gasteiger partial charge in [-0.05, 0) is 41.8 Å². The van der Waals surface area contributed by atoms with Crippen molar-refractivity contribution >= 4 is 23.4 Å². The molecule has 86 valence electrons. The van der Waals surface area contributed by atoms with E-state index in [-0.39, 0.29) is 0 Å². The highest BCUT2D eigenvalue weighted by molar-refractivity contribution is 7.10. The largest absolute Gasteiger partial charge is 0.478 e. The minimum absolute atomic E-state index is 0.641. The van der Waals surface area contributed by atoms with Crippen molar-refractivity contribution < 1.29 is 14.6 Å². The number of aliphatic carboxylic acids is 1. The van der Waals surface area contributed by atoms with Gasteiger partial charge in [0.2, 0.25) is 0 Å². The zero-order valence-corrected chi connectivity index (χ0v) is 9.70. The fraction of sp³-hybridized carbons (Fsp3) is 0.417. The third-order valence-corrected chi connectivity index (χ3v) is 3.32. The van der Waals surface area contributed by atoms with Crippen LogP contribution in [0.2, 0.25) is 0 Å². The lowest BCUT2D eigenvalue weighted by Crippen LogP contribution is -1.94. The molecule has 1 fully saturated rings. The molecule has 1 N–H and O–H groups in total. The average Bonchev–Trinajstić information content (AvgIpc) is 2.94. The van der Waals surface area contributed by atoms with Crippen molar-refractivity contribution in [2.75, 3.05) is 6.61 Å². The van der Waals surface area contributed by atoms with Crippen molar-refractivity contribution in [2.24, 2.45) is 5.92 Å². The van der Waals surface area contributed by atoms with Gasteiger partial charge in [-0.3, -0.25) is 0 Å². The van der Waals surface area contributed by atoms with Gasteiger partial charge in [-0.1, -0.05) is 0 Å². The molecule has 2 rings (SSSR count). The van der Waals surface area contributed by atoms with Gasteiger partial charge in [0.05, 0.1) is 6.61 Å². The highest BCUT2D eigenvalue weighted by atomic mass is 32.1. The molecule has 4 heteroatoms. The van der Waals surface area contributed by atoms with E-state index >= 15 is 0 Å². The lowest BCUT2D eigenvalue weighted by Gasteiger charge is -1.99. The van der Waals surface area contributed by atoms with Crippen LogP contribution >= 0.6 is 11.3 Å². The number of hydrogen-bond acceptors (Lipinski definition) is 3. The van der Waals surface area contributed by atoms with E-state index in [1.807, 2.05) is 11.4 Å². The van der Waals surface area contributed by atoms with Gasteiger partial charge in [-0.15, -0.1) is 11.3 Å². The van der Waals surface area contributed by atoms with E-state index in [0.717, 1.165) is 29.0 Å². The maximum absolute atomic E-state index is 10.3. The predicted molar refractivity (Wildman–Crippen MR) is 63.4 cm³/mol. The average molecular weight is 238 g/mol. The number of carbonyl (C=O) groups is 1. The van der Waals surface area contributed by atoms with Crippen molar-refractivity contribution in [1.29, 1.82) is 0 Å². The summed E-state index contributed by atoms with van der Waals surface area (Å²) < 4.78 is 5.55. The Bertz CT molecular complexity index is 391. The van der Waals surface area contributed by atoms with E-state index < -0.39 is 5.97 Å². The molecule has 0 saturated heterocycles. The van der Waals surface area contributed by atoms with Crippen molar-refractivity contribution in [3.8, 4) is 0 Å². The number of rotatable bonds is 6. The van der Waals surface area contributed by atoms with Gasteiger partial charge >= 0.3 is 5.97 Å². The molecule has 1 aliphatic rings. The van der Waals surface area contributed by atoms with Crippen LogP contribution in [-0.4, -0.2) is 17.7 Å². The third-order valence-electron chi connectivity index (χ3n) is 2.39. The van der Waals surface area contributed by atoms with Gasteiger partial charge in [0, 0.05) is 17.6 Å². The smallest absolute Gasteiger partial charge is 0.328 e. The standard InChI is InChI=1S/C12H14O3S/c13-12(14)4-3-10-5-11(16-8-10)7-15-6-9-1-2-9/h3-5,8-9H,1-2,6-7H2,(H,13,14). The van der Waals surface area contributed by atoms with E-state index in [1.165, 1.54) is 12.8 Å². The second-order valence-electron chi connectivity index (χ2n) is 3.98. The Morgan fingerprint density at radius 2 is 2.44 bits per heavy atom. The van der Waals surface area contributed by atoms with Crippen molar-refractivity contribution in [3.63, 3.8) is 0 Å². The van der Waals surface area contributed by atoms with Gasteiger partial charge < -0.3 is 9.84 Å². The Morgan fingerprint density at radius 3 is 3.12 bits per heavy atom. The summed E-state index contributed by atoms with van der Waals surface area (Å²) >= 11 is 1.60. The molecule has 1 heterocycles. The minimum Gasteiger partial charge on any atom is -0.478 e. The summed E-state index contributed by atoms with van der Waals surface area (Å²) in [4.78, 5) is 11.5. The number of thiophene rings is 1. The molecule has 1 saturated carbocycles. The number of hydrogen-bond donors (Lipinski definition) is 1. The molecule has 0 bridgehead atoms. The van der Waals surface area contributed by atoms with E-state index in [4.69, 9.17) is 9.84 Å². The van der Waals surface area contributed by atoms with Crippen molar-refractivity contribution in [2.45, 2.75) is 19.4 Å². The Labute approximate surface area is 98.4 Å². The van der Waals surface area contributed by atoms with Crippen LogP contribution in [-0.2, 0) is 16.1 Å². The fourth-order valence-electron chi connectivity index (χ4n) is 1.34. The molecule has 0 spiro atoms. The second-order valence-corrected chi connectivity index (χ2v) is 4.97. The van der Waals surface area contributed by atoms with Crippen LogP contribution < -0.4 is 0 Å². The quantitative estimate of drug-likeness (QED) is 0.775. The van der Waals surface area contributed by atoms with Crippen LogP contribution in [0.25, 0.3) is 6.08 Å². The predicted octanol–water partition coefficient (Wildman–Crippen LogP) is 2.77. The summed E-state index contributed by atoms with van der Waals surface area (Å²) in [7, 11) is 0. The monoisotopic (exact) mass is 238 g/mol. The second kappa shape index (κ2) is 5.27. The van der Waals surface area contributed by atoms with Crippen LogP contribution in [0.4, 0.5) is 0 Å². The van der Waals surface area contributed by atoms with Gasteiger partial charge in [-0.2, -0.15) is 0 Å². The van der Waals surface area contributed by atoms with Gasteiger partial charge in [0.15, 0.2) is 0 Å². The maximum Gasteiger partial charge on any atom is 0.328 e. The summed E-state index contributed by atoms with van der Waals surface area (Å²) in [6, 6.07) is 1.97. The fourth-order valence-corrected chi connectivity index (χ4v) is 2.13. The van der Waals surface area contributed by atoms with Gasteiger partial charge in [0.25, 0.3) is 0 Å². The molecule has 1 aromatic rings. The summed E-state index contributed by atoms with van der Waals surface area (Å²) in [5.41, 5.74) is 0.928. The molecule has 0 aromatic carbocycles. The van der Waals surface area contributed by atoms with Crippen LogP contribution in [0.3, 0.4) is 0 Å². The number of ether oxygens (including phenoxy) is 1. The molecule has 0 radical (unpaired) electrons. The van der Waals surface area contributed by atoms with E-state index in [2.05, 4.69) is 0 Å². The first-order valence-corrected chi connectivity index (χ1v) is 6.18. The first kappa shape index (κ1) is 11.4. The Morgan fingerprint density at radius 1 is 1.62 bits per heavy atom. The van der Waals surface area contributed by atoms with E-state index in [9.17, 15) is 4.79 Å². The molecule has 1 aromatic heterocycles. The van der Waals surface area contributed by atoms with Gasteiger partial charge in [0.1, 0.15) is 0 Å². The highest BCUT2D eigenvalue weighted by Gasteiger charge is 2.21. The molecule has 16 heavy (non-hydrogen) atoms. The molecular formula is C12H14O3S. The molecule has 0 atom stereocenters. The van der Waals surface area contributed by atoms with E-state index in [1.54, 1.807) is 17.4 Å². The van der Waals surface area contributed by atoms with Crippen LogP contribution in [0.1, 0.15) is 23.3 Å². The Hall–Kier alpha value is -1.13. The summed E-state index contributed by atoms with van der Waals surface area (Å²) in [5, 5.41) is 10.4. The third kappa shape index (κ3) is 3.79. The summed E-state index contributed by atoms with van der Waals surface area (Å²) in [5.74, 6) is -0.135. The zero-order chi connectivity index (χ0) is 11.4. The lowest BCUT2D eigenvalue weighted by molar-refractivity contribution is -0.131. The van der Waals surface area contributed by atoms with Crippen LogP contribution in [0.5, 0.6) is 0 Å². The molecule has 0 unspecified atom stereocenters. The summed E-state index contributed by atoms with van der Waals surface area (Å²) in [6.07, 6.45) is 5.36. The normalized spacial score (nSPS) is 15.8.